The molecule has 0 bridgehead atoms. The van der Waals surface area contributed by atoms with Crippen molar-refractivity contribution in [3.05, 3.63) is 71.8 Å². The maximum Gasteiger partial charge on any atom is 0.0982 e. The second-order valence-corrected chi connectivity index (χ2v) is 3.79. The molecular weight excluding hydrogens is 234 g/mol. The van der Waals surface area contributed by atoms with Crippen LogP contribution in [0.15, 0.2) is 60.7 Å². The lowest BCUT2D eigenvalue weighted by Crippen LogP contribution is -2.19. The third kappa shape index (κ3) is 3.30. The molecule has 0 fully saturated rings. The molecule has 3 heteroatoms. The van der Waals surface area contributed by atoms with Crippen LogP contribution in [0.25, 0.3) is 0 Å². The Hall–Kier alpha value is -1.35. The van der Waals surface area contributed by atoms with E-state index in [2.05, 4.69) is 0 Å². The maximum atomic E-state index is 10.1. The van der Waals surface area contributed by atoms with E-state index in [0.717, 1.165) is 11.1 Å². The van der Waals surface area contributed by atoms with Crippen LogP contribution in [0, 0.1) is 0 Å². The molecule has 0 unspecified atom stereocenters. The third-order valence-corrected chi connectivity index (χ3v) is 2.67. The molecule has 2 aromatic carbocycles. The molecule has 2 aromatic rings. The molecular formula is C14H16ClNO. The first-order valence-electron chi connectivity index (χ1n) is 5.32. The average molecular weight is 250 g/mol. The van der Waals surface area contributed by atoms with Crippen molar-refractivity contribution in [2.45, 2.75) is 12.1 Å². The van der Waals surface area contributed by atoms with Crippen molar-refractivity contribution < 1.29 is 5.11 Å². The Balaban J connectivity index is 0.00000144. The fraction of sp³-hybridized carbons (Fsp3) is 0.143. The number of halogens is 1. The third-order valence-electron chi connectivity index (χ3n) is 2.67. The largest absolute Gasteiger partial charge is 0.386 e. The van der Waals surface area contributed by atoms with Crippen molar-refractivity contribution in [1.29, 1.82) is 0 Å². The Bertz CT molecular complexity index is 389. The minimum absolute atomic E-state index is 0. The molecule has 3 N–H and O–H groups in total. The highest BCUT2D eigenvalue weighted by Crippen LogP contribution is 2.25. The van der Waals surface area contributed by atoms with Crippen LogP contribution in [0.5, 0.6) is 0 Å². The van der Waals surface area contributed by atoms with Crippen molar-refractivity contribution in [2.24, 2.45) is 5.73 Å². The standard InChI is InChI=1S/C14H15NO.ClH/c15-13(11-7-3-1-4-8-11)14(16)12-9-5-2-6-10-12;/h1-10,13-14,16H,15H2;1H/t13-,14-;/m1./s1. The van der Waals surface area contributed by atoms with Crippen LogP contribution in [0.2, 0.25) is 0 Å². The van der Waals surface area contributed by atoms with Gasteiger partial charge in [-0.3, -0.25) is 0 Å². The quantitative estimate of drug-likeness (QED) is 0.879. The van der Waals surface area contributed by atoms with Gasteiger partial charge >= 0.3 is 0 Å². The van der Waals surface area contributed by atoms with Gasteiger partial charge in [-0.1, -0.05) is 60.7 Å². The molecule has 0 saturated carbocycles. The molecule has 2 rings (SSSR count). The Morgan fingerprint density at radius 3 is 1.65 bits per heavy atom. The number of rotatable bonds is 3. The molecule has 0 amide bonds. The van der Waals surface area contributed by atoms with E-state index in [1.165, 1.54) is 0 Å². The van der Waals surface area contributed by atoms with E-state index in [1.54, 1.807) is 0 Å². The molecule has 2 atom stereocenters. The smallest absolute Gasteiger partial charge is 0.0982 e. The summed E-state index contributed by atoms with van der Waals surface area (Å²) < 4.78 is 0. The van der Waals surface area contributed by atoms with Crippen molar-refractivity contribution >= 4 is 12.4 Å². The second kappa shape index (κ2) is 6.40. The van der Waals surface area contributed by atoms with Gasteiger partial charge in [-0.05, 0) is 11.1 Å². The van der Waals surface area contributed by atoms with E-state index >= 15 is 0 Å². The monoisotopic (exact) mass is 249 g/mol. The highest BCUT2D eigenvalue weighted by molar-refractivity contribution is 5.85. The Morgan fingerprint density at radius 1 is 0.765 bits per heavy atom. The zero-order valence-corrected chi connectivity index (χ0v) is 10.2. The van der Waals surface area contributed by atoms with Gasteiger partial charge in [0.25, 0.3) is 0 Å². The minimum atomic E-state index is -0.663. The van der Waals surface area contributed by atoms with Crippen molar-refractivity contribution in [3.63, 3.8) is 0 Å². The Labute approximate surface area is 108 Å². The first-order chi connectivity index (χ1) is 7.79. The number of aliphatic hydroxyl groups excluding tert-OH is 1. The number of benzene rings is 2. The summed E-state index contributed by atoms with van der Waals surface area (Å²) >= 11 is 0. The van der Waals surface area contributed by atoms with Gasteiger partial charge in [0.1, 0.15) is 0 Å². The number of nitrogens with two attached hydrogens (primary N) is 1. The molecule has 0 aliphatic rings. The van der Waals surface area contributed by atoms with Crippen LogP contribution in [0.1, 0.15) is 23.3 Å². The highest BCUT2D eigenvalue weighted by Gasteiger charge is 2.17. The van der Waals surface area contributed by atoms with Crippen LogP contribution in [-0.4, -0.2) is 5.11 Å². The highest BCUT2D eigenvalue weighted by atomic mass is 35.5. The van der Waals surface area contributed by atoms with Crippen LogP contribution in [-0.2, 0) is 0 Å². The Morgan fingerprint density at radius 2 is 1.18 bits per heavy atom. The van der Waals surface area contributed by atoms with Gasteiger partial charge in [0, 0.05) is 0 Å². The number of hydrogen-bond donors (Lipinski definition) is 2. The van der Waals surface area contributed by atoms with Crippen LogP contribution in [0.4, 0.5) is 0 Å². The van der Waals surface area contributed by atoms with Crippen LogP contribution < -0.4 is 5.73 Å². The summed E-state index contributed by atoms with van der Waals surface area (Å²) in [7, 11) is 0. The predicted molar refractivity (Wildman–Crippen MR) is 72.0 cm³/mol. The van der Waals surface area contributed by atoms with Gasteiger partial charge in [-0.2, -0.15) is 0 Å². The van der Waals surface area contributed by atoms with Crippen molar-refractivity contribution in [3.8, 4) is 0 Å². The SMILES string of the molecule is Cl.N[C@H](c1ccccc1)[C@H](O)c1ccccc1. The molecule has 0 aromatic heterocycles. The topological polar surface area (TPSA) is 46.2 Å². The molecule has 0 aliphatic heterocycles. The zero-order chi connectivity index (χ0) is 11.4. The Kier molecular flexibility index (Phi) is 5.16. The van der Waals surface area contributed by atoms with E-state index < -0.39 is 6.10 Å². The van der Waals surface area contributed by atoms with E-state index in [4.69, 9.17) is 5.73 Å². The summed E-state index contributed by atoms with van der Waals surface area (Å²) in [6.45, 7) is 0. The number of aliphatic hydroxyl groups is 1. The van der Waals surface area contributed by atoms with Gasteiger partial charge in [0.2, 0.25) is 0 Å². The molecule has 17 heavy (non-hydrogen) atoms. The number of hydrogen-bond acceptors (Lipinski definition) is 2. The zero-order valence-electron chi connectivity index (χ0n) is 9.36. The van der Waals surface area contributed by atoms with Gasteiger partial charge in [0.05, 0.1) is 12.1 Å². The summed E-state index contributed by atoms with van der Waals surface area (Å²) in [4.78, 5) is 0. The van der Waals surface area contributed by atoms with E-state index in [9.17, 15) is 5.11 Å². The van der Waals surface area contributed by atoms with Crippen LogP contribution >= 0.6 is 12.4 Å². The second-order valence-electron chi connectivity index (χ2n) is 3.79. The predicted octanol–water partition coefficient (Wildman–Crippen LogP) is 2.84. The molecule has 0 heterocycles. The molecule has 0 spiro atoms. The fourth-order valence-electron chi connectivity index (χ4n) is 1.72. The van der Waals surface area contributed by atoms with Crippen molar-refractivity contribution in [2.75, 3.05) is 0 Å². The lowest BCUT2D eigenvalue weighted by Gasteiger charge is -2.19. The molecule has 2 nitrogen and oxygen atoms in total. The summed E-state index contributed by atoms with van der Waals surface area (Å²) in [5.41, 5.74) is 7.81. The minimum Gasteiger partial charge on any atom is -0.386 e. The summed E-state index contributed by atoms with van der Waals surface area (Å²) in [6.07, 6.45) is -0.663. The first-order valence-corrected chi connectivity index (χ1v) is 5.32. The lowest BCUT2D eigenvalue weighted by atomic mass is 9.97. The normalized spacial score (nSPS) is 13.5. The van der Waals surface area contributed by atoms with E-state index in [-0.39, 0.29) is 18.4 Å². The van der Waals surface area contributed by atoms with Gasteiger partial charge in [0.15, 0.2) is 0 Å². The van der Waals surface area contributed by atoms with Gasteiger partial charge in [-0.25, -0.2) is 0 Å². The maximum absolute atomic E-state index is 10.1. The molecule has 0 aliphatic carbocycles. The molecule has 0 saturated heterocycles. The summed E-state index contributed by atoms with van der Waals surface area (Å²) in [5.74, 6) is 0. The summed E-state index contributed by atoms with van der Waals surface area (Å²) in [6, 6.07) is 18.7. The summed E-state index contributed by atoms with van der Waals surface area (Å²) in [5, 5.41) is 10.1. The average Bonchev–Trinajstić information content (AvgIpc) is 2.39. The van der Waals surface area contributed by atoms with E-state index in [0.29, 0.717) is 0 Å². The molecule has 0 radical (unpaired) electrons. The first kappa shape index (κ1) is 13.7. The van der Waals surface area contributed by atoms with E-state index in [1.807, 2.05) is 60.7 Å². The van der Waals surface area contributed by atoms with Crippen molar-refractivity contribution in [1.82, 2.24) is 0 Å². The van der Waals surface area contributed by atoms with Gasteiger partial charge < -0.3 is 10.8 Å². The fourth-order valence-corrected chi connectivity index (χ4v) is 1.72. The molecule has 90 valence electrons. The van der Waals surface area contributed by atoms with Crippen LogP contribution in [0.3, 0.4) is 0 Å². The lowest BCUT2D eigenvalue weighted by molar-refractivity contribution is 0.147. The van der Waals surface area contributed by atoms with Gasteiger partial charge in [-0.15, -0.1) is 12.4 Å².